The van der Waals surface area contributed by atoms with Gasteiger partial charge in [-0.15, -0.1) is 0 Å². The van der Waals surface area contributed by atoms with Gasteiger partial charge in [-0.3, -0.25) is 9.89 Å². The standard InChI is InChI=1S/C28H36N4O3/c1-22-26(27(33)34-2)25(14-13-23-9-5-3-6-10-23)30-28(29-15-16-31-17-19-35-20-18-31)32(22)21-24-11-7-4-8-12-24/h3-12,25H,13-21H2,1-2H3,(H,29,30)/t25-/m0/s1. The molecule has 2 aliphatic rings. The molecule has 0 amide bonds. The molecule has 0 spiro atoms. The predicted molar refractivity (Wildman–Crippen MR) is 138 cm³/mol. The second kappa shape index (κ2) is 12.5. The van der Waals surface area contributed by atoms with E-state index in [4.69, 9.17) is 14.5 Å². The van der Waals surface area contributed by atoms with Crippen LogP contribution in [0, 0.1) is 0 Å². The predicted octanol–water partition coefficient (Wildman–Crippen LogP) is 3.23. The normalized spacial score (nSPS) is 20.1. The third-order valence-corrected chi connectivity index (χ3v) is 6.64. The topological polar surface area (TPSA) is 66.4 Å². The summed E-state index contributed by atoms with van der Waals surface area (Å²) in [6.45, 7) is 7.63. The zero-order valence-corrected chi connectivity index (χ0v) is 20.8. The number of guanidine groups is 1. The lowest BCUT2D eigenvalue weighted by Crippen LogP contribution is -2.53. The van der Waals surface area contributed by atoms with Gasteiger partial charge in [0.15, 0.2) is 5.96 Å². The van der Waals surface area contributed by atoms with Crippen molar-refractivity contribution in [1.29, 1.82) is 0 Å². The maximum Gasteiger partial charge on any atom is 0.337 e. The van der Waals surface area contributed by atoms with Crippen molar-refractivity contribution in [3.8, 4) is 0 Å². The van der Waals surface area contributed by atoms with E-state index in [9.17, 15) is 4.79 Å². The van der Waals surface area contributed by atoms with Crippen LogP contribution in [0.3, 0.4) is 0 Å². The van der Waals surface area contributed by atoms with E-state index in [0.29, 0.717) is 18.7 Å². The first-order valence-corrected chi connectivity index (χ1v) is 12.4. The molecule has 0 saturated carbocycles. The van der Waals surface area contributed by atoms with Crippen LogP contribution in [-0.2, 0) is 27.2 Å². The molecule has 4 rings (SSSR count). The molecule has 2 heterocycles. The van der Waals surface area contributed by atoms with E-state index < -0.39 is 0 Å². The molecule has 2 aliphatic heterocycles. The van der Waals surface area contributed by atoms with Crippen LogP contribution in [0.15, 0.2) is 76.9 Å². The lowest BCUT2D eigenvalue weighted by Gasteiger charge is -2.38. The van der Waals surface area contributed by atoms with Gasteiger partial charge in [-0.1, -0.05) is 60.7 Å². The van der Waals surface area contributed by atoms with Gasteiger partial charge in [0.2, 0.25) is 0 Å². The van der Waals surface area contributed by atoms with Crippen LogP contribution in [0.25, 0.3) is 0 Å². The first-order chi connectivity index (χ1) is 17.2. The number of ether oxygens (including phenoxy) is 2. The summed E-state index contributed by atoms with van der Waals surface area (Å²) < 4.78 is 10.7. The van der Waals surface area contributed by atoms with Gasteiger partial charge in [-0.2, -0.15) is 0 Å². The molecule has 0 bridgehead atoms. The molecule has 186 valence electrons. The lowest BCUT2D eigenvalue weighted by atomic mass is 9.95. The number of aryl methyl sites for hydroxylation is 1. The van der Waals surface area contributed by atoms with Crippen LogP contribution in [0.4, 0.5) is 0 Å². The van der Waals surface area contributed by atoms with E-state index in [1.54, 1.807) is 0 Å². The number of aliphatic imine (C=N–C) groups is 1. The fraction of sp³-hybridized carbons (Fsp3) is 0.429. The van der Waals surface area contributed by atoms with Gasteiger partial charge < -0.3 is 19.7 Å². The number of rotatable bonds is 9. The molecule has 2 aromatic carbocycles. The second-order valence-electron chi connectivity index (χ2n) is 8.94. The Hall–Kier alpha value is -3.16. The summed E-state index contributed by atoms with van der Waals surface area (Å²) in [4.78, 5) is 22.4. The number of morpholine rings is 1. The van der Waals surface area contributed by atoms with Crippen molar-refractivity contribution in [3.05, 3.63) is 83.1 Å². The molecular formula is C28H36N4O3. The number of hydrogen-bond acceptors (Lipinski definition) is 5. The maximum atomic E-state index is 12.9. The number of esters is 1. The van der Waals surface area contributed by atoms with E-state index in [1.165, 1.54) is 12.7 Å². The maximum absolute atomic E-state index is 12.9. The molecule has 1 atom stereocenters. The Morgan fingerprint density at radius 2 is 1.71 bits per heavy atom. The smallest absolute Gasteiger partial charge is 0.337 e. The Balaban J connectivity index is 1.59. The molecule has 1 N–H and O–H groups in total. The van der Waals surface area contributed by atoms with E-state index in [2.05, 4.69) is 39.4 Å². The molecule has 0 aromatic heterocycles. The van der Waals surface area contributed by atoms with E-state index in [-0.39, 0.29) is 12.0 Å². The molecule has 7 nitrogen and oxygen atoms in total. The van der Waals surface area contributed by atoms with Crippen LogP contribution < -0.4 is 5.32 Å². The summed E-state index contributed by atoms with van der Waals surface area (Å²) in [6.07, 6.45) is 1.62. The van der Waals surface area contributed by atoms with Crippen LogP contribution in [-0.4, -0.2) is 74.3 Å². The number of hydrogen-bond donors (Lipinski definition) is 1. The third-order valence-electron chi connectivity index (χ3n) is 6.64. The number of nitrogens with zero attached hydrogens (tertiary/aromatic N) is 3. The molecule has 1 fully saturated rings. The van der Waals surface area contributed by atoms with Gasteiger partial charge in [0.05, 0.1) is 45.0 Å². The van der Waals surface area contributed by atoms with E-state index in [1.807, 2.05) is 43.3 Å². The van der Waals surface area contributed by atoms with Crippen molar-refractivity contribution in [3.63, 3.8) is 0 Å². The molecule has 35 heavy (non-hydrogen) atoms. The SMILES string of the molecule is COC(=O)C1=C(C)N(Cc2ccccc2)C(=NCCN2CCOCC2)N[C@H]1CCc1ccccc1. The summed E-state index contributed by atoms with van der Waals surface area (Å²) in [5.74, 6) is 0.517. The lowest BCUT2D eigenvalue weighted by molar-refractivity contribution is -0.136. The van der Waals surface area contributed by atoms with Crippen molar-refractivity contribution in [2.75, 3.05) is 46.5 Å². The summed E-state index contributed by atoms with van der Waals surface area (Å²) in [6, 6.07) is 20.5. The summed E-state index contributed by atoms with van der Waals surface area (Å²) in [5.41, 5.74) is 3.96. The average molecular weight is 477 g/mol. The van der Waals surface area contributed by atoms with Crippen molar-refractivity contribution in [1.82, 2.24) is 15.1 Å². The Bertz CT molecular complexity index is 1020. The average Bonchev–Trinajstić information content (AvgIpc) is 2.91. The minimum atomic E-state index is -0.293. The zero-order valence-electron chi connectivity index (χ0n) is 20.8. The molecule has 7 heteroatoms. The minimum Gasteiger partial charge on any atom is -0.466 e. The Morgan fingerprint density at radius 1 is 1.06 bits per heavy atom. The van der Waals surface area contributed by atoms with Gasteiger partial charge in [-0.05, 0) is 30.9 Å². The van der Waals surface area contributed by atoms with Crippen LogP contribution in [0.5, 0.6) is 0 Å². The second-order valence-corrected chi connectivity index (χ2v) is 8.94. The Morgan fingerprint density at radius 3 is 2.37 bits per heavy atom. The fourth-order valence-electron chi connectivity index (χ4n) is 4.65. The Kier molecular flexibility index (Phi) is 8.92. The van der Waals surface area contributed by atoms with Crippen molar-refractivity contribution in [2.24, 2.45) is 4.99 Å². The zero-order chi connectivity index (χ0) is 24.5. The number of carbonyl (C=O) groups excluding carboxylic acids is 1. The fourth-order valence-corrected chi connectivity index (χ4v) is 4.65. The minimum absolute atomic E-state index is 0.170. The van der Waals surface area contributed by atoms with Crippen molar-refractivity contribution < 1.29 is 14.3 Å². The van der Waals surface area contributed by atoms with Gasteiger partial charge in [0.25, 0.3) is 0 Å². The van der Waals surface area contributed by atoms with Gasteiger partial charge in [0.1, 0.15) is 0 Å². The summed E-state index contributed by atoms with van der Waals surface area (Å²) in [5, 5.41) is 3.60. The first kappa shape index (κ1) is 24.9. The van der Waals surface area contributed by atoms with E-state index >= 15 is 0 Å². The summed E-state index contributed by atoms with van der Waals surface area (Å²) >= 11 is 0. The Labute approximate surface area is 208 Å². The molecule has 0 unspecified atom stereocenters. The highest BCUT2D eigenvalue weighted by molar-refractivity contribution is 5.95. The third kappa shape index (κ3) is 6.71. The molecular weight excluding hydrogens is 440 g/mol. The highest BCUT2D eigenvalue weighted by Crippen LogP contribution is 2.26. The van der Waals surface area contributed by atoms with Crippen molar-refractivity contribution >= 4 is 11.9 Å². The van der Waals surface area contributed by atoms with E-state index in [0.717, 1.165) is 62.9 Å². The number of benzene rings is 2. The molecule has 0 radical (unpaired) electrons. The highest BCUT2D eigenvalue weighted by atomic mass is 16.5. The van der Waals surface area contributed by atoms with Gasteiger partial charge in [-0.25, -0.2) is 4.79 Å². The van der Waals surface area contributed by atoms with Gasteiger partial charge in [0, 0.05) is 25.3 Å². The van der Waals surface area contributed by atoms with Crippen LogP contribution in [0.1, 0.15) is 24.5 Å². The quantitative estimate of drug-likeness (QED) is 0.561. The number of carbonyl (C=O) groups is 1. The highest BCUT2D eigenvalue weighted by Gasteiger charge is 2.34. The van der Waals surface area contributed by atoms with Gasteiger partial charge >= 0.3 is 5.97 Å². The largest absolute Gasteiger partial charge is 0.466 e. The molecule has 2 aromatic rings. The molecule has 1 saturated heterocycles. The summed E-state index contributed by atoms with van der Waals surface area (Å²) in [7, 11) is 1.45. The first-order valence-electron chi connectivity index (χ1n) is 12.4. The number of methoxy groups -OCH3 is 1. The van der Waals surface area contributed by atoms with Crippen LogP contribution in [0.2, 0.25) is 0 Å². The molecule has 0 aliphatic carbocycles. The number of allylic oxidation sites excluding steroid dienone is 1. The van der Waals surface area contributed by atoms with Crippen LogP contribution >= 0.6 is 0 Å². The van der Waals surface area contributed by atoms with Crippen molar-refractivity contribution in [2.45, 2.75) is 32.4 Å². The number of nitrogens with one attached hydrogen (secondary N) is 1. The monoisotopic (exact) mass is 476 g/mol.